The van der Waals surface area contributed by atoms with Gasteiger partial charge >= 0.3 is 0 Å². The predicted octanol–water partition coefficient (Wildman–Crippen LogP) is 16.7. The molecule has 0 saturated heterocycles. The minimum Gasteiger partial charge on any atom is -0.311 e. The summed E-state index contributed by atoms with van der Waals surface area (Å²) in [5.41, 5.74) is 22.7. The first kappa shape index (κ1) is 47.1. The van der Waals surface area contributed by atoms with Crippen LogP contribution in [0.25, 0.3) is 83.9 Å². The van der Waals surface area contributed by atoms with E-state index >= 15 is 0 Å². The highest BCUT2D eigenvalue weighted by molar-refractivity contribution is 7.00. The van der Waals surface area contributed by atoms with E-state index in [-0.39, 0.29) is 12.1 Å². The van der Waals surface area contributed by atoms with Crippen molar-refractivity contribution in [2.24, 2.45) is 0 Å². The Morgan fingerprint density at radius 2 is 0.812 bits per heavy atom. The first-order chi connectivity index (χ1) is 39.3. The Hall–Kier alpha value is -10.1. The van der Waals surface area contributed by atoms with Gasteiger partial charge in [-0.3, -0.25) is 0 Å². The van der Waals surface area contributed by atoms with Gasteiger partial charge in [-0.1, -0.05) is 197 Å². The van der Waals surface area contributed by atoms with E-state index in [1.807, 2.05) is 36.4 Å². The summed E-state index contributed by atoms with van der Waals surface area (Å²) in [6.07, 6.45) is 0. The van der Waals surface area contributed by atoms with Crippen LogP contribution >= 0.6 is 0 Å². The smallest absolute Gasteiger partial charge is 0.252 e. The van der Waals surface area contributed by atoms with Gasteiger partial charge in [-0.05, 0) is 135 Å². The summed E-state index contributed by atoms with van der Waals surface area (Å²) in [6, 6.07) is 96.5. The Kier molecular flexibility index (Phi) is 11.1. The van der Waals surface area contributed by atoms with E-state index < -0.39 is 0 Å². The highest BCUT2D eigenvalue weighted by Gasteiger charge is 2.43. The maximum absolute atomic E-state index is 5.22. The zero-order valence-electron chi connectivity index (χ0n) is 44.7. The van der Waals surface area contributed by atoms with Crippen molar-refractivity contribution in [1.82, 2.24) is 19.5 Å². The molecule has 0 radical (unpaired) electrons. The summed E-state index contributed by atoms with van der Waals surface area (Å²) in [6.45, 7) is 6.93. The van der Waals surface area contributed by atoms with E-state index in [1.165, 1.54) is 55.5 Å². The minimum absolute atomic E-state index is 0.0141. The molecule has 15 rings (SSSR count). The zero-order valence-corrected chi connectivity index (χ0v) is 44.7. The Bertz CT molecular complexity index is 4490. The van der Waals surface area contributed by atoms with Crippen molar-refractivity contribution >= 4 is 79.0 Å². The van der Waals surface area contributed by atoms with Gasteiger partial charge in [0.25, 0.3) is 6.71 Å². The maximum atomic E-state index is 5.22. The molecule has 0 unspecified atom stereocenters. The molecule has 13 aromatic rings. The molecule has 0 fully saturated rings. The van der Waals surface area contributed by atoms with Crippen LogP contribution in [0.5, 0.6) is 0 Å². The number of benzene rings is 11. The molecule has 378 valence electrons. The summed E-state index contributed by atoms with van der Waals surface area (Å²) >= 11 is 0. The summed E-state index contributed by atoms with van der Waals surface area (Å²) in [5, 5.41) is 2.45. The van der Waals surface area contributed by atoms with Gasteiger partial charge in [-0.25, -0.2) is 15.0 Å². The Morgan fingerprint density at radius 3 is 1.48 bits per heavy atom. The van der Waals surface area contributed by atoms with Crippen LogP contribution in [0.4, 0.5) is 34.1 Å². The summed E-state index contributed by atoms with van der Waals surface area (Å²) in [5.74, 6) is 1.86. The molecule has 11 aromatic carbocycles. The van der Waals surface area contributed by atoms with E-state index in [0.717, 1.165) is 67.0 Å². The Labute approximate surface area is 466 Å². The molecule has 6 nitrogen and oxygen atoms in total. The SMILES string of the molecule is CC(C)(C)c1ccc2c(c1)c1ccccc1n2-c1ccc(-c2nc(-c3ccccc3)nc(-c3ccccc3)n2)cc1-c1cccc(-c2cccc(N3c4ccccc4B4c5ccccc5N(c5ccccc5)c5cccc3c54)c2)c1. The van der Waals surface area contributed by atoms with Crippen molar-refractivity contribution in [2.45, 2.75) is 26.2 Å². The van der Waals surface area contributed by atoms with Crippen molar-refractivity contribution in [2.75, 3.05) is 9.80 Å². The third-order valence-electron chi connectivity index (χ3n) is 16.2. The fraction of sp³-hybridized carbons (Fsp3) is 0.0548. The molecule has 0 N–H and O–H groups in total. The summed E-state index contributed by atoms with van der Waals surface area (Å²) < 4.78 is 2.45. The van der Waals surface area contributed by atoms with Crippen molar-refractivity contribution in [3.8, 4) is 62.1 Å². The lowest BCUT2D eigenvalue weighted by Crippen LogP contribution is -2.61. The average molecular weight is 1030 g/mol. The maximum Gasteiger partial charge on any atom is 0.252 e. The predicted molar refractivity (Wildman–Crippen MR) is 334 cm³/mol. The van der Waals surface area contributed by atoms with E-state index in [1.54, 1.807) is 0 Å². The van der Waals surface area contributed by atoms with Gasteiger partial charge in [0.05, 0.1) is 16.7 Å². The van der Waals surface area contributed by atoms with Gasteiger partial charge in [-0.2, -0.15) is 0 Å². The molecule has 2 aromatic heterocycles. The quantitative estimate of drug-likeness (QED) is 0.142. The van der Waals surface area contributed by atoms with Crippen molar-refractivity contribution in [3.05, 3.63) is 272 Å². The number of aromatic nitrogens is 4. The van der Waals surface area contributed by atoms with Crippen molar-refractivity contribution in [1.29, 1.82) is 0 Å². The van der Waals surface area contributed by atoms with Crippen LogP contribution in [-0.4, -0.2) is 26.2 Å². The minimum atomic E-state index is -0.0141. The van der Waals surface area contributed by atoms with Crippen molar-refractivity contribution in [3.63, 3.8) is 0 Å². The van der Waals surface area contributed by atoms with Crippen molar-refractivity contribution < 1.29 is 0 Å². The van der Waals surface area contributed by atoms with Crippen LogP contribution in [0, 0.1) is 0 Å². The number of rotatable bonds is 8. The highest BCUT2D eigenvalue weighted by atomic mass is 15.2. The Balaban J connectivity index is 0.906. The average Bonchev–Trinajstić information content (AvgIpc) is 3.99. The first-order valence-electron chi connectivity index (χ1n) is 27.5. The van der Waals surface area contributed by atoms with Gasteiger partial charge in [0.15, 0.2) is 17.5 Å². The molecule has 80 heavy (non-hydrogen) atoms. The van der Waals surface area contributed by atoms with Crippen LogP contribution in [0.2, 0.25) is 0 Å². The second kappa shape index (κ2) is 18.8. The molecule has 0 saturated carbocycles. The van der Waals surface area contributed by atoms with Crippen LogP contribution in [-0.2, 0) is 5.41 Å². The van der Waals surface area contributed by atoms with Crippen LogP contribution in [0.3, 0.4) is 0 Å². The second-order valence-corrected chi connectivity index (χ2v) is 22.0. The fourth-order valence-electron chi connectivity index (χ4n) is 12.4. The lowest BCUT2D eigenvalue weighted by molar-refractivity contribution is 0.591. The molecule has 0 bridgehead atoms. The molecule has 0 aliphatic carbocycles. The molecule has 0 atom stereocenters. The van der Waals surface area contributed by atoms with Gasteiger partial charge in [0.1, 0.15) is 0 Å². The molecule has 0 amide bonds. The number of anilines is 6. The third-order valence-corrected chi connectivity index (χ3v) is 16.2. The second-order valence-electron chi connectivity index (χ2n) is 22.0. The van der Waals surface area contributed by atoms with Crippen LogP contribution in [0.15, 0.2) is 267 Å². The number of para-hydroxylation sites is 4. The highest BCUT2D eigenvalue weighted by Crippen LogP contribution is 2.46. The van der Waals surface area contributed by atoms with E-state index in [2.05, 4.69) is 266 Å². The summed E-state index contributed by atoms with van der Waals surface area (Å²) in [7, 11) is 0. The fourth-order valence-corrected chi connectivity index (χ4v) is 12.4. The lowest BCUT2D eigenvalue weighted by atomic mass is 9.33. The molecular formula is C73H53BN6. The van der Waals surface area contributed by atoms with E-state index in [4.69, 9.17) is 15.0 Å². The van der Waals surface area contributed by atoms with Crippen LogP contribution in [0.1, 0.15) is 26.3 Å². The van der Waals surface area contributed by atoms with Gasteiger partial charge < -0.3 is 14.4 Å². The number of hydrogen-bond acceptors (Lipinski definition) is 5. The standard InChI is InChI=1S/C73H53BN6/c1-73(2,3)54-41-43-64-59(47-54)57-32-13-16-35-62(57)80(64)63-42-40-53(72-76-70(48-22-7-4-8-23-48)75-71(77-72)49-24-9-5-10-25-49)46-58(63)52-28-19-26-50(44-52)51-27-20-31-56(45-51)79-66-37-18-15-34-61(66)74-60-33-14-17-36-65(60)78(55-29-11-6-12-30-55)67-38-21-39-68(79)69(67)74/h4-47H,1-3H3. The third kappa shape index (κ3) is 7.84. The summed E-state index contributed by atoms with van der Waals surface area (Å²) in [4.78, 5) is 20.4. The molecular weight excluding hydrogens is 972 g/mol. The van der Waals surface area contributed by atoms with Gasteiger partial charge in [0.2, 0.25) is 0 Å². The number of hydrogen-bond donors (Lipinski definition) is 0. The monoisotopic (exact) mass is 1020 g/mol. The van der Waals surface area contributed by atoms with Crippen LogP contribution < -0.4 is 26.2 Å². The largest absolute Gasteiger partial charge is 0.311 e. The molecule has 7 heteroatoms. The van der Waals surface area contributed by atoms with E-state index in [9.17, 15) is 0 Å². The molecule has 0 spiro atoms. The first-order valence-corrected chi connectivity index (χ1v) is 27.5. The number of fused-ring (bicyclic) bond motifs is 7. The van der Waals surface area contributed by atoms with Gasteiger partial charge in [0, 0.05) is 67.2 Å². The lowest BCUT2D eigenvalue weighted by Gasteiger charge is -2.44. The normalized spacial score (nSPS) is 12.6. The number of nitrogens with zero attached hydrogens (tertiary/aromatic N) is 6. The molecule has 4 heterocycles. The zero-order chi connectivity index (χ0) is 53.5. The molecule has 2 aliphatic rings. The van der Waals surface area contributed by atoms with Gasteiger partial charge in [-0.15, -0.1) is 0 Å². The van der Waals surface area contributed by atoms with E-state index in [0.29, 0.717) is 17.5 Å². The Morgan fingerprint density at radius 1 is 0.325 bits per heavy atom. The molecule has 2 aliphatic heterocycles. The topological polar surface area (TPSA) is 50.1 Å².